The molecule has 0 bridgehead atoms. The molecule has 2 aliphatic rings. The van der Waals surface area contributed by atoms with Gasteiger partial charge in [-0.25, -0.2) is 9.97 Å². The normalized spacial score (nSPS) is 12.2. The van der Waals surface area contributed by atoms with Gasteiger partial charge in [-0.05, 0) is 85.6 Å². The molecular formula is C50H60ClN9O8. The first kappa shape index (κ1) is 51.8. The standard InChI is InChI=1S/C25H28N4O4.C17H18ClN3O3.C7H10N2O.CH4/c1-15-22(32-4)9-7-17(26-15)11-18-12-20(24-21(27-18)13-29(2)25(24)30)28-19-8-6-16(14-31-3)10-23(19)33-5;1-21-8-13-16(17(21)22)12(7-15(18)20-13)19-11-5-4-10(9-23-2)6-14(11)24-3;1-5-6(10-2)3-4-7(8)9-5;/h6-10,12H,11,13-14H2,1-5H3,(H,27,28);4-7H,8-9H2,1-3H3,(H,19,20);3-4H,1-2H3,(H2,8,9);1H4. The van der Waals surface area contributed by atoms with Gasteiger partial charge in [0.2, 0.25) is 0 Å². The molecular weight excluding hydrogens is 890 g/mol. The Morgan fingerprint density at radius 2 is 1.04 bits per heavy atom. The lowest BCUT2D eigenvalue weighted by atomic mass is 10.1. The zero-order chi connectivity index (χ0) is 48.4. The van der Waals surface area contributed by atoms with Crippen LogP contribution in [0, 0.1) is 13.8 Å². The Morgan fingerprint density at radius 1 is 0.574 bits per heavy atom. The number of nitrogens with two attached hydrogens (primary N) is 1. The summed E-state index contributed by atoms with van der Waals surface area (Å²) in [5.41, 5.74) is 16.1. The Kier molecular flexibility index (Phi) is 17.9. The van der Waals surface area contributed by atoms with Crippen LogP contribution in [0.1, 0.15) is 73.4 Å². The minimum atomic E-state index is -0.0772. The van der Waals surface area contributed by atoms with Gasteiger partial charge in [-0.3, -0.25) is 19.6 Å². The van der Waals surface area contributed by atoms with Crippen LogP contribution in [0.15, 0.2) is 72.8 Å². The molecule has 360 valence electrons. The number of halogens is 1. The number of rotatable bonds is 14. The Hall–Kier alpha value is -7.21. The number of nitrogen functional groups attached to an aromatic ring is 1. The zero-order valence-corrected chi connectivity index (χ0v) is 40.1. The summed E-state index contributed by atoms with van der Waals surface area (Å²) >= 11 is 6.10. The third-order valence-electron chi connectivity index (χ3n) is 10.8. The van der Waals surface area contributed by atoms with Crippen LogP contribution in [0.5, 0.6) is 23.0 Å². The number of hydrogen-bond donors (Lipinski definition) is 3. The van der Waals surface area contributed by atoms with Gasteiger partial charge in [-0.2, -0.15) is 0 Å². The number of fused-ring (bicyclic) bond motifs is 2. The van der Waals surface area contributed by atoms with Crippen LogP contribution < -0.4 is 35.3 Å². The van der Waals surface area contributed by atoms with Crippen molar-refractivity contribution in [1.29, 1.82) is 0 Å². The van der Waals surface area contributed by atoms with Crippen molar-refractivity contribution in [2.45, 2.75) is 54.0 Å². The van der Waals surface area contributed by atoms with Gasteiger partial charge in [-0.1, -0.05) is 31.2 Å². The minimum Gasteiger partial charge on any atom is -0.495 e. The zero-order valence-electron chi connectivity index (χ0n) is 39.4. The maximum absolute atomic E-state index is 12.9. The van der Waals surface area contributed by atoms with E-state index in [2.05, 4.69) is 25.6 Å². The predicted molar refractivity (Wildman–Crippen MR) is 264 cm³/mol. The number of aromatic nitrogens is 4. The van der Waals surface area contributed by atoms with Crippen molar-refractivity contribution < 1.29 is 38.0 Å². The lowest BCUT2D eigenvalue weighted by Crippen LogP contribution is -2.18. The number of carbonyl (C=O) groups is 2. The number of pyridine rings is 4. The van der Waals surface area contributed by atoms with Crippen molar-refractivity contribution in [3.63, 3.8) is 0 Å². The van der Waals surface area contributed by atoms with Crippen molar-refractivity contribution >= 4 is 52.0 Å². The number of amides is 2. The highest BCUT2D eigenvalue weighted by Gasteiger charge is 2.31. The molecule has 2 amide bonds. The summed E-state index contributed by atoms with van der Waals surface area (Å²) in [6.07, 6.45) is 0.536. The molecule has 0 unspecified atom stereocenters. The van der Waals surface area contributed by atoms with E-state index in [4.69, 9.17) is 50.7 Å². The van der Waals surface area contributed by atoms with E-state index >= 15 is 0 Å². The number of methoxy groups -OCH3 is 6. The highest BCUT2D eigenvalue weighted by Crippen LogP contribution is 2.37. The average molecular weight is 951 g/mol. The molecule has 0 radical (unpaired) electrons. The Labute approximate surface area is 402 Å². The molecule has 6 heterocycles. The number of benzene rings is 2. The minimum absolute atomic E-state index is 0. The summed E-state index contributed by atoms with van der Waals surface area (Å²) in [5, 5.41) is 7.00. The van der Waals surface area contributed by atoms with E-state index in [0.29, 0.717) is 83.4 Å². The number of nitrogens with one attached hydrogen (secondary N) is 2. The van der Waals surface area contributed by atoms with E-state index in [9.17, 15) is 9.59 Å². The summed E-state index contributed by atoms with van der Waals surface area (Å²) in [7, 11) is 13.3. The van der Waals surface area contributed by atoms with Gasteiger partial charge < -0.3 is 54.6 Å². The van der Waals surface area contributed by atoms with Gasteiger partial charge in [0.15, 0.2) is 0 Å². The molecule has 68 heavy (non-hydrogen) atoms. The summed E-state index contributed by atoms with van der Waals surface area (Å²) in [5.74, 6) is 3.24. The first-order valence-corrected chi connectivity index (χ1v) is 21.4. The smallest absolute Gasteiger partial charge is 0.257 e. The molecule has 0 saturated heterocycles. The summed E-state index contributed by atoms with van der Waals surface area (Å²) in [6.45, 7) is 5.68. The van der Waals surface area contributed by atoms with Crippen molar-refractivity contribution in [3.05, 3.63) is 134 Å². The van der Waals surface area contributed by atoms with Gasteiger partial charge in [0, 0.05) is 46.1 Å². The topological polar surface area (TPSA) is 198 Å². The Morgan fingerprint density at radius 3 is 1.51 bits per heavy atom. The first-order chi connectivity index (χ1) is 32.2. The van der Waals surface area contributed by atoms with Crippen LogP contribution in [-0.2, 0) is 42.2 Å². The number of carbonyl (C=O) groups excluding carboxylic acids is 2. The fourth-order valence-corrected chi connectivity index (χ4v) is 7.76. The van der Waals surface area contributed by atoms with Crippen molar-refractivity contribution in [1.82, 2.24) is 29.7 Å². The van der Waals surface area contributed by atoms with E-state index in [1.54, 1.807) is 84.8 Å². The van der Waals surface area contributed by atoms with Gasteiger partial charge in [0.05, 0.1) is 111 Å². The van der Waals surface area contributed by atoms with Gasteiger partial charge in [-0.15, -0.1) is 0 Å². The highest BCUT2D eigenvalue weighted by atomic mass is 35.5. The fourth-order valence-electron chi connectivity index (χ4n) is 7.55. The molecule has 0 atom stereocenters. The van der Waals surface area contributed by atoms with Crippen LogP contribution in [0.3, 0.4) is 0 Å². The lowest BCUT2D eigenvalue weighted by Gasteiger charge is -2.16. The highest BCUT2D eigenvalue weighted by molar-refractivity contribution is 6.30. The van der Waals surface area contributed by atoms with Crippen LogP contribution in [0.25, 0.3) is 0 Å². The largest absolute Gasteiger partial charge is 0.495 e. The molecule has 4 N–H and O–H groups in total. The molecule has 0 saturated carbocycles. The number of nitrogens with zero attached hydrogens (tertiary/aromatic N) is 6. The fraction of sp³-hybridized carbons (Fsp3) is 0.320. The average Bonchev–Trinajstić information content (AvgIpc) is 3.76. The monoisotopic (exact) mass is 949 g/mol. The number of hydrogen-bond acceptors (Lipinski definition) is 15. The molecule has 17 nitrogen and oxygen atoms in total. The van der Waals surface area contributed by atoms with Crippen molar-refractivity contribution in [3.8, 4) is 23.0 Å². The molecule has 4 aromatic heterocycles. The number of ether oxygens (including phenoxy) is 6. The Bertz CT molecular complexity index is 2760. The predicted octanol–water partition coefficient (Wildman–Crippen LogP) is 8.70. The Balaban J connectivity index is 0.000000215. The van der Waals surface area contributed by atoms with Gasteiger partial charge in [0.1, 0.15) is 34.0 Å². The maximum atomic E-state index is 12.9. The quantitative estimate of drug-likeness (QED) is 0.0876. The van der Waals surface area contributed by atoms with E-state index < -0.39 is 0 Å². The third-order valence-corrected chi connectivity index (χ3v) is 10.9. The molecule has 2 aliphatic heterocycles. The molecule has 0 fully saturated rings. The van der Waals surface area contributed by atoms with Crippen molar-refractivity contribution in [2.75, 3.05) is 73.1 Å². The maximum Gasteiger partial charge on any atom is 0.257 e. The summed E-state index contributed by atoms with van der Waals surface area (Å²) < 4.78 is 31.7. The second-order valence-corrected chi connectivity index (χ2v) is 16.0. The van der Waals surface area contributed by atoms with Crippen LogP contribution >= 0.6 is 11.6 Å². The van der Waals surface area contributed by atoms with Gasteiger partial charge >= 0.3 is 0 Å². The van der Waals surface area contributed by atoms with E-state index in [-0.39, 0.29) is 19.2 Å². The number of aryl methyl sites for hydroxylation is 2. The third kappa shape index (κ3) is 12.2. The van der Waals surface area contributed by atoms with E-state index in [1.807, 2.05) is 68.4 Å². The van der Waals surface area contributed by atoms with Crippen LogP contribution in [0.2, 0.25) is 5.15 Å². The van der Waals surface area contributed by atoms with E-state index in [0.717, 1.165) is 62.5 Å². The van der Waals surface area contributed by atoms with Gasteiger partial charge in [0.25, 0.3) is 11.8 Å². The lowest BCUT2D eigenvalue weighted by molar-refractivity contribution is 0.0809. The second kappa shape index (κ2) is 23.5. The van der Waals surface area contributed by atoms with Crippen molar-refractivity contribution in [2.24, 2.45) is 0 Å². The first-order valence-electron chi connectivity index (χ1n) is 21.1. The van der Waals surface area contributed by atoms with Crippen LogP contribution in [-0.4, -0.2) is 98.3 Å². The molecule has 0 aliphatic carbocycles. The molecule has 8 rings (SSSR count). The molecule has 6 aromatic rings. The summed E-state index contributed by atoms with van der Waals surface area (Å²) in [6, 6.07) is 22.5. The SMILES string of the molecule is C.COCc1ccc(Nc2cc(Cc3ccc(OC)c(C)n3)nc3c2C(=O)N(C)C3)c(OC)c1.COCc1ccc(Nc2cc(Cl)nc3c2C(=O)N(C)C3)c(OC)c1.COc1ccc(N)nc1C. The molecule has 0 spiro atoms. The number of anilines is 5. The second-order valence-electron chi connectivity index (χ2n) is 15.6. The summed E-state index contributed by atoms with van der Waals surface area (Å²) in [4.78, 5) is 46.2. The van der Waals surface area contributed by atoms with Crippen LogP contribution in [0.4, 0.5) is 28.6 Å². The molecule has 18 heteroatoms. The van der Waals surface area contributed by atoms with E-state index in [1.165, 1.54) is 0 Å². The molecule has 2 aromatic carbocycles.